The van der Waals surface area contributed by atoms with E-state index in [1.54, 1.807) is 18.0 Å². The molecule has 2 amide bonds. The van der Waals surface area contributed by atoms with Gasteiger partial charge in [-0.25, -0.2) is 0 Å². The topological polar surface area (TPSA) is 70.1 Å². The van der Waals surface area contributed by atoms with Crippen molar-refractivity contribution in [2.24, 2.45) is 5.92 Å². The van der Waals surface area contributed by atoms with Gasteiger partial charge in [0, 0.05) is 37.3 Å². The van der Waals surface area contributed by atoms with Crippen molar-refractivity contribution in [3.8, 4) is 0 Å². The smallest absolute Gasteiger partial charge is 0.246 e. The molecular formula is C30H41FN2O4Si. The average Bonchev–Trinajstić information content (AvgIpc) is 3.45. The van der Waals surface area contributed by atoms with Crippen LogP contribution in [0.2, 0.25) is 18.6 Å². The van der Waals surface area contributed by atoms with Gasteiger partial charge < -0.3 is 23.8 Å². The van der Waals surface area contributed by atoms with E-state index in [1.165, 1.54) is 0 Å². The minimum Gasteiger partial charge on any atom is -0.395 e. The summed E-state index contributed by atoms with van der Waals surface area (Å²) in [6, 6.07) is 17.8. The second-order valence-corrected chi connectivity index (χ2v) is 15.0. The largest absolute Gasteiger partial charge is 0.395 e. The number of ether oxygens (including phenoxy) is 1. The third-order valence-corrected chi connectivity index (χ3v) is 10.5. The standard InChI is InChI=1S/C30H41FN2O4Si/c1-22-26(15-14-23-11-7-12-25(19-23)33-16-8-13-28(33)35)37-27(30(22)38(2,3)31)20-29(36)32(17-18-34)21-24-9-5-4-6-10-24/h4-7,9-12,19,22,26-27,30,34H,8,13-18,20-21H2,1-3H3/t22-,26+,27-,30+/m1/s1. The Hall–Kier alpha value is -2.55. The van der Waals surface area contributed by atoms with E-state index in [0.717, 1.165) is 42.6 Å². The molecule has 2 aliphatic heterocycles. The molecule has 206 valence electrons. The van der Waals surface area contributed by atoms with Gasteiger partial charge in [-0.05, 0) is 61.5 Å². The molecule has 0 radical (unpaired) electrons. The molecule has 2 saturated heterocycles. The molecule has 2 heterocycles. The molecule has 2 aromatic carbocycles. The summed E-state index contributed by atoms with van der Waals surface area (Å²) in [7, 11) is -3.12. The fourth-order valence-corrected chi connectivity index (χ4v) is 8.75. The van der Waals surface area contributed by atoms with Crippen LogP contribution < -0.4 is 4.90 Å². The Morgan fingerprint density at radius 2 is 1.87 bits per heavy atom. The SMILES string of the molecule is C[C@H]1[C@H]([Si](C)(C)F)[C@@H](CC(=O)N(CCO)Cc2ccccc2)O[C@H]1CCc1cccc(N2CCCC2=O)c1. The second-order valence-electron chi connectivity index (χ2n) is 11.2. The quantitative estimate of drug-likeness (QED) is 0.318. The number of hydrogen-bond acceptors (Lipinski definition) is 4. The van der Waals surface area contributed by atoms with Crippen LogP contribution in [0.4, 0.5) is 9.80 Å². The van der Waals surface area contributed by atoms with Gasteiger partial charge in [-0.1, -0.05) is 49.4 Å². The van der Waals surface area contributed by atoms with Gasteiger partial charge in [0.2, 0.25) is 20.2 Å². The highest BCUT2D eigenvalue weighted by molar-refractivity contribution is 6.72. The van der Waals surface area contributed by atoms with Crippen LogP contribution in [0, 0.1) is 5.92 Å². The van der Waals surface area contributed by atoms with E-state index in [-0.39, 0.29) is 48.9 Å². The van der Waals surface area contributed by atoms with Crippen LogP contribution in [0.25, 0.3) is 0 Å². The molecule has 8 heteroatoms. The fourth-order valence-electron chi connectivity index (χ4n) is 6.20. The summed E-state index contributed by atoms with van der Waals surface area (Å²) >= 11 is 0. The lowest BCUT2D eigenvalue weighted by Gasteiger charge is -2.30. The van der Waals surface area contributed by atoms with Gasteiger partial charge in [0.1, 0.15) is 0 Å². The zero-order valence-corrected chi connectivity index (χ0v) is 23.8. The number of aliphatic hydroxyl groups excluding tert-OH is 1. The molecule has 2 aromatic rings. The van der Waals surface area contributed by atoms with Crippen LogP contribution in [0.3, 0.4) is 0 Å². The summed E-state index contributed by atoms with van der Waals surface area (Å²) in [5.41, 5.74) is 2.77. The van der Waals surface area contributed by atoms with Crippen molar-refractivity contribution in [1.29, 1.82) is 0 Å². The number of halogens is 1. The van der Waals surface area contributed by atoms with Gasteiger partial charge in [-0.3, -0.25) is 9.59 Å². The molecule has 4 rings (SSSR count). The highest BCUT2D eigenvalue weighted by atomic mass is 28.4. The Balaban J connectivity index is 1.42. The summed E-state index contributed by atoms with van der Waals surface area (Å²) < 4.78 is 22.0. The first kappa shape index (κ1) is 28.5. The van der Waals surface area contributed by atoms with Crippen molar-refractivity contribution in [3.63, 3.8) is 0 Å². The highest BCUT2D eigenvalue weighted by Gasteiger charge is 2.51. The van der Waals surface area contributed by atoms with Gasteiger partial charge in [0.25, 0.3) is 0 Å². The van der Waals surface area contributed by atoms with E-state index in [0.29, 0.717) is 13.0 Å². The summed E-state index contributed by atoms with van der Waals surface area (Å²) in [6.45, 7) is 6.75. The molecule has 1 N–H and O–H groups in total. The Morgan fingerprint density at radius 3 is 2.53 bits per heavy atom. The minimum absolute atomic E-state index is 0.00299. The average molecular weight is 541 g/mol. The van der Waals surface area contributed by atoms with Crippen LogP contribution in [-0.2, 0) is 27.3 Å². The van der Waals surface area contributed by atoms with E-state index < -0.39 is 14.5 Å². The van der Waals surface area contributed by atoms with Crippen molar-refractivity contribution < 1.29 is 23.5 Å². The number of nitrogens with zero attached hydrogens (tertiary/aromatic N) is 2. The number of rotatable bonds is 11. The summed E-state index contributed by atoms with van der Waals surface area (Å²) in [5, 5.41) is 9.57. The fraction of sp³-hybridized carbons (Fsp3) is 0.533. The van der Waals surface area contributed by atoms with Gasteiger partial charge >= 0.3 is 0 Å². The van der Waals surface area contributed by atoms with Crippen LogP contribution in [0.5, 0.6) is 0 Å². The minimum atomic E-state index is -3.12. The first-order chi connectivity index (χ1) is 18.2. The Bertz CT molecular complexity index is 1090. The molecule has 38 heavy (non-hydrogen) atoms. The van der Waals surface area contributed by atoms with Crippen molar-refractivity contribution in [2.75, 3.05) is 24.6 Å². The molecule has 2 fully saturated rings. The van der Waals surface area contributed by atoms with Crippen LogP contribution in [0.15, 0.2) is 54.6 Å². The van der Waals surface area contributed by atoms with Gasteiger partial charge in [0.15, 0.2) is 0 Å². The number of aryl methyl sites for hydroxylation is 1. The maximum Gasteiger partial charge on any atom is 0.246 e. The molecule has 0 unspecified atom stereocenters. The molecule has 4 atom stereocenters. The molecule has 2 aliphatic rings. The van der Waals surface area contributed by atoms with Crippen molar-refractivity contribution in [1.82, 2.24) is 4.90 Å². The van der Waals surface area contributed by atoms with E-state index in [1.807, 2.05) is 47.4 Å². The van der Waals surface area contributed by atoms with E-state index in [4.69, 9.17) is 4.74 Å². The number of carbonyl (C=O) groups excluding carboxylic acids is 2. The molecule has 6 nitrogen and oxygen atoms in total. The number of amides is 2. The number of hydrogen-bond donors (Lipinski definition) is 1. The molecule has 0 saturated carbocycles. The monoisotopic (exact) mass is 540 g/mol. The van der Waals surface area contributed by atoms with Crippen molar-refractivity contribution in [3.05, 3.63) is 65.7 Å². The van der Waals surface area contributed by atoms with E-state index in [9.17, 15) is 14.7 Å². The second kappa shape index (κ2) is 12.5. The molecule has 0 bridgehead atoms. The summed E-state index contributed by atoms with van der Waals surface area (Å²) in [6.07, 6.45) is 2.49. The van der Waals surface area contributed by atoms with E-state index >= 15 is 4.11 Å². The molecule has 0 spiro atoms. The highest BCUT2D eigenvalue weighted by Crippen LogP contribution is 2.47. The van der Waals surface area contributed by atoms with E-state index in [2.05, 4.69) is 19.1 Å². The van der Waals surface area contributed by atoms with Gasteiger partial charge in [-0.15, -0.1) is 0 Å². The third kappa shape index (κ3) is 6.90. The van der Waals surface area contributed by atoms with Gasteiger partial charge in [0.05, 0.1) is 25.2 Å². The van der Waals surface area contributed by atoms with Crippen molar-refractivity contribution >= 4 is 25.9 Å². The predicted octanol–water partition coefficient (Wildman–Crippen LogP) is 5.11. The van der Waals surface area contributed by atoms with Crippen LogP contribution in [0.1, 0.15) is 43.7 Å². The Morgan fingerprint density at radius 1 is 1.13 bits per heavy atom. The number of benzene rings is 2. The lowest BCUT2D eigenvalue weighted by Crippen LogP contribution is -2.40. The Kier molecular flexibility index (Phi) is 9.39. The lowest BCUT2D eigenvalue weighted by atomic mass is 9.95. The first-order valence-corrected chi connectivity index (χ1v) is 16.8. The predicted molar refractivity (Wildman–Crippen MR) is 150 cm³/mol. The zero-order valence-electron chi connectivity index (χ0n) is 22.8. The molecule has 0 aromatic heterocycles. The number of carbonyl (C=O) groups is 2. The summed E-state index contributed by atoms with van der Waals surface area (Å²) in [4.78, 5) is 29.0. The van der Waals surface area contributed by atoms with Crippen LogP contribution >= 0.6 is 0 Å². The lowest BCUT2D eigenvalue weighted by molar-refractivity contribution is -0.135. The maximum atomic E-state index is 15.6. The summed E-state index contributed by atoms with van der Waals surface area (Å²) in [5.74, 6) is 0.0538. The number of anilines is 1. The zero-order chi connectivity index (χ0) is 27.3. The van der Waals surface area contributed by atoms with Crippen molar-refractivity contribution in [2.45, 2.75) is 76.4 Å². The molecule has 0 aliphatic carbocycles. The molecular weight excluding hydrogens is 499 g/mol. The third-order valence-electron chi connectivity index (χ3n) is 8.02. The number of aliphatic hydroxyl groups is 1. The Labute approximate surface area is 227 Å². The normalized spacial score (nSPS) is 23.7. The first-order valence-electron chi connectivity index (χ1n) is 13.8. The van der Waals surface area contributed by atoms with Crippen LogP contribution in [-0.4, -0.2) is 62.1 Å². The maximum absolute atomic E-state index is 15.6. The van der Waals surface area contributed by atoms with Gasteiger partial charge in [-0.2, -0.15) is 0 Å².